The van der Waals surface area contributed by atoms with E-state index in [1.807, 2.05) is 24.3 Å². The molecule has 0 spiro atoms. The van der Waals surface area contributed by atoms with E-state index in [-0.39, 0.29) is 17.5 Å². The minimum atomic E-state index is -4.01. The summed E-state index contributed by atoms with van der Waals surface area (Å²) in [7, 11) is -4.01. The standard InChI is InChI=1S/C18H21N3O4S/c1-12-9-17(21(22)23)18(10-13(12)2)26(24,25)20-11-16-15-6-4-3-5-14(15)7-8-19-16/h3-6,9-10,16,19-20H,7-8,11H2,1-2H3. The summed E-state index contributed by atoms with van der Waals surface area (Å²) in [4.78, 5) is 10.3. The van der Waals surface area contributed by atoms with E-state index in [2.05, 4.69) is 10.0 Å². The van der Waals surface area contributed by atoms with Gasteiger partial charge in [-0.05, 0) is 55.1 Å². The van der Waals surface area contributed by atoms with Crippen LogP contribution in [0.1, 0.15) is 28.3 Å². The predicted molar refractivity (Wildman–Crippen MR) is 98.6 cm³/mol. The monoisotopic (exact) mass is 375 g/mol. The Hall–Kier alpha value is -2.29. The molecule has 26 heavy (non-hydrogen) atoms. The van der Waals surface area contributed by atoms with Crippen LogP contribution in [0.15, 0.2) is 41.3 Å². The summed E-state index contributed by atoms with van der Waals surface area (Å²) in [5.74, 6) is 0. The number of nitro groups is 1. The number of nitro benzene ring substituents is 1. The quantitative estimate of drug-likeness (QED) is 0.617. The Morgan fingerprint density at radius 2 is 1.92 bits per heavy atom. The first-order valence-corrected chi connectivity index (χ1v) is 9.84. The van der Waals surface area contributed by atoms with Gasteiger partial charge in [0, 0.05) is 18.7 Å². The molecule has 0 radical (unpaired) electrons. The molecule has 1 heterocycles. The Labute approximate surface area is 152 Å². The summed E-state index contributed by atoms with van der Waals surface area (Å²) in [5, 5.41) is 14.6. The summed E-state index contributed by atoms with van der Waals surface area (Å²) < 4.78 is 28.0. The van der Waals surface area contributed by atoms with Gasteiger partial charge in [-0.25, -0.2) is 13.1 Å². The predicted octanol–water partition coefficient (Wildman–Crippen LogP) is 2.38. The van der Waals surface area contributed by atoms with E-state index < -0.39 is 20.6 Å². The first kappa shape index (κ1) is 18.5. The molecule has 1 atom stereocenters. The average Bonchev–Trinajstić information content (AvgIpc) is 2.61. The Morgan fingerprint density at radius 3 is 2.65 bits per heavy atom. The van der Waals surface area contributed by atoms with Crippen LogP contribution in [0, 0.1) is 24.0 Å². The maximum absolute atomic E-state index is 12.7. The van der Waals surface area contributed by atoms with Crippen molar-refractivity contribution in [2.24, 2.45) is 0 Å². The molecule has 0 fully saturated rings. The number of benzene rings is 2. The van der Waals surface area contributed by atoms with E-state index in [1.54, 1.807) is 13.8 Å². The van der Waals surface area contributed by atoms with Crippen molar-refractivity contribution < 1.29 is 13.3 Å². The molecule has 7 nitrogen and oxygen atoms in total. The van der Waals surface area contributed by atoms with Gasteiger partial charge in [-0.15, -0.1) is 0 Å². The third-order valence-electron chi connectivity index (χ3n) is 4.75. The Kier molecular flexibility index (Phi) is 5.08. The van der Waals surface area contributed by atoms with E-state index >= 15 is 0 Å². The second kappa shape index (κ2) is 7.14. The topological polar surface area (TPSA) is 101 Å². The van der Waals surface area contributed by atoms with Crippen molar-refractivity contribution in [2.75, 3.05) is 13.1 Å². The molecule has 1 unspecified atom stereocenters. The second-order valence-corrected chi connectivity index (χ2v) is 8.20. The van der Waals surface area contributed by atoms with E-state index in [0.29, 0.717) is 11.1 Å². The van der Waals surface area contributed by atoms with Crippen molar-refractivity contribution >= 4 is 15.7 Å². The highest BCUT2D eigenvalue weighted by molar-refractivity contribution is 7.89. The number of rotatable bonds is 5. The molecule has 2 aromatic carbocycles. The van der Waals surface area contributed by atoms with Gasteiger partial charge in [-0.1, -0.05) is 24.3 Å². The van der Waals surface area contributed by atoms with Crippen molar-refractivity contribution in [2.45, 2.75) is 31.2 Å². The largest absolute Gasteiger partial charge is 0.308 e. The van der Waals surface area contributed by atoms with Crippen LogP contribution in [0.3, 0.4) is 0 Å². The van der Waals surface area contributed by atoms with Crippen LogP contribution in [0.25, 0.3) is 0 Å². The molecule has 0 aliphatic carbocycles. The fourth-order valence-electron chi connectivity index (χ4n) is 3.18. The number of hydrogen-bond acceptors (Lipinski definition) is 5. The fraction of sp³-hybridized carbons (Fsp3) is 0.333. The van der Waals surface area contributed by atoms with Crippen molar-refractivity contribution in [3.63, 3.8) is 0 Å². The Morgan fingerprint density at radius 1 is 1.23 bits per heavy atom. The highest BCUT2D eigenvalue weighted by Gasteiger charge is 2.28. The number of sulfonamides is 1. The molecule has 2 N–H and O–H groups in total. The third-order valence-corrected chi connectivity index (χ3v) is 6.21. The van der Waals surface area contributed by atoms with Crippen LogP contribution >= 0.6 is 0 Å². The Bertz CT molecular complexity index is 957. The van der Waals surface area contributed by atoms with Gasteiger partial charge in [-0.3, -0.25) is 10.1 Å². The van der Waals surface area contributed by atoms with Crippen molar-refractivity contribution in [1.29, 1.82) is 0 Å². The van der Waals surface area contributed by atoms with Crippen LogP contribution in [-0.2, 0) is 16.4 Å². The molecular formula is C18H21N3O4S. The lowest BCUT2D eigenvalue weighted by Gasteiger charge is -2.27. The smallest absolute Gasteiger partial charge is 0.289 e. The van der Waals surface area contributed by atoms with Gasteiger partial charge >= 0.3 is 0 Å². The highest BCUT2D eigenvalue weighted by Crippen LogP contribution is 2.28. The lowest BCUT2D eigenvalue weighted by Crippen LogP contribution is -2.39. The van der Waals surface area contributed by atoms with Crippen LogP contribution in [0.2, 0.25) is 0 Å². The number of nitrogens with zero attached hydrogens (tertiary/aromatic N) is 1. The maximum atomic E-state index is 12.7. The molecule has 2 aromatic rings. The second-order valence-electron chi connectivity index (χ2n) is 6.47. The number of hydrogen-bond donors (Lipinski definition) is 2. The first-order chi connectivity index (χ1) is 12.3. The van der Waals surface area contributed by atoms with Crippen LogP contribution in [0.4, 0.5) is 5.69 Å². The first-order valence-electron chi connectivity index (χ1n) is 8.36. The lowest BCUT2D eigenvalue weighted by atomic mass is 9.95. The number of aryl methyl sites for hydroxylation is 2. The van der Waals surface area contributed by atoms with Gasteiger partial charge in [-0.2, -0.15) is 0 Å². The molecule has 0 aromatic heterocycles. The van der Waals surface area contributed by atoms with Crippen LogP contribution in [0.5, 0.6) is 0 Å². The molecular weight excluding hydrogens is 354 g/mol. The molecule has 0 bridgehead atoms. The SMILES string of the molecule is Cc1cc([N+](=O)[O-])c(S(=O)(=O)NCC2NCCc3ccccc32)cc1C. The lowest BCUT2D eigenvalue weighted by molar-refractivity contribution is -0.387. The van der Waals surface area contributed by atoms with E-state index in [0.717, 1.165) is 18.5 Å². The molecule has 1 aliphatic rings. The summed E-state index contributed by atoms with van der Waals surface area (Å²) in [6.07, 6.45) is 0.891. The van der Waals surface area contributed by atoms with Crippen molar-refractivity contribution in [1.82, 2.24) is 10.0 Å². The zero-order valence-corrected chi connectivity index (χ0v) is 15.5. The van der Waals surface area contributed by atoms with Gasteiger partial charge < -0.3 is 5.32 Å². The molecule has 1 aliphatic heterocycles. The minimum absolute atomic E-state index is 0.128. The van der Waals surface area contributed by atoms with Crippen LogP contribution < -0.4 is 10.0 Å². The van der Waals surface area contributed by atoms with Gasteiger partial charge in [0.05, 0.1) is 4.92 Å². The molecule has 0 saturated carbocycles. The average molecular weight is 375 g/mol. The van der Waals surface area contributed by atoms with Gasteiger partial charge in [0.25, 0.3) is 5.69 Å². The molecule has 0 amide bonds. The zero-order chi connectivity index (χ0) is 18.9. The minimum Gasteiger partial charge on any atom is -0.308 e. The fourth-order valence-corrected chi connectivity index (χ4v) is 4.46. The molecule has 0 saturated heterocycles. The third kappa shape index (κ3) is 3.62. The summed E-state index contributed by atoms with van der Waals surface area (Å²) in [6.45, 7) is 4.34. The summed E-state index contributed by atoms with van der Waals surface area (Å²) >= 11 is 0. The highest BCUT2D eigenvalue weighted by atomic mass is 32.2. The maximum Gasteiger partial charge on any atom is 0.289 e. The summed E-state index contributed by atoms with van der Waals surface area (Å²) in [6, 6.07) is 10.4. The van der Waals surface area contributed by atoms with Gasteiger partial charge in [0.15, 0.2) is 4.90 Å². The van der Waals surface area contributed by atoms with Crippen molar-refractivity contribution in [3.05, 3.63) is 68.8 Å². The van der Waals surface area contributed by atoms with E-state index in [9.17, 15) is 18.5 Å². The molecule has 138 valence electrons. The van der Waals surface area contributed by atoms with Gasteiger partial charge in [0.1, 0.15) is 0 Å². The number of nitrogens with one attached hydrogen (secondary N) is 2. The van der Waals surface area contributed by atoms with E-state index in [4.69, 9.17) is 0 Å². The van der Waals surface area contributed by atoms with Crippen LogP contribution in [-0.4, -0.2) is 26.4 Å². The molecule has 3 rings (SSSR count). The summed E-state index contributed by atoms with van der Waals surface area (Å²) in [5.41, 5.74) is 3.21. The van der Waals surface area contributed by atoms with E-state index in [1.165, 1.54) is 17.7 Å². The van der Waals surface area contributed by atoms with Crippen molar-refractivity contribution in [3.8, 4) is 0 Å². The van der Waals surface area contributed by atoms with Gasteiger partial charge in [0.2, 0.25) is 10.0 Å². The molecule has 8 heteroatoms. The normalized spacial score (nSPS) is 16.9. The number of fused-ring (bicyclic) bond motifs is 1. The zero-order valence-electron chi connectivity index (χ0n) is 14.7. The Balaban J connectivity index is 1.87.